The molecule has 1 unspecified atom stereocenters. The fraction of sp³-hybridized carbons (Fsp3) is 1.00. The van der Waals surface area contributed by atoms with E-state index in [1.54, 1.807) is 14.2 Å². The highest BCUT2D eigenvalue weighted by Gasteiger charge is 2.07. The number of nitrogens with one attached hydrogen (secondary N) is 1. The molecule has 4 nitrogen and oxygen atoms in total. The number of rotatable bonds is 13. The topological polar surface area (TPSA) is 39.7 Å². The van der Waals surface area contributed by atoms with E-state index in [0.29, 0.717) is 19.1 Å². The van der Waals surface area contributed by atoms with Crippen molar-refractivity contribution in [3.05, 3.63) is 0 Å². The fourth-order valence-corrected chi connectivity index (χ4v) is 1.73. The van der Waals surface area contributed by atoms with Crippen LogP contribution < -0.4 is 5.32 Å². The van der Waals surface area contributed by atoms with E-state index >= 15 is 0 Å². The van der Waals surface area contributed by atoms with Crippen molar-refractivity contribution in [2.45, 2.75) is 26.2 Å². The third-order valence-corrected chi connectivity index (χ3v) is 2.72. The van der Waals surface area contributed by atoms with E-state index < -0.39 is 0 Å². The predicted octanol–water partition coefficient (Wildman–Crippen LogP) is 1.69. The molecule has 0 aromatic heterocycles. The Balaban J connectivity index is 3.45. The molecule has 1 N–H and O–H groups in total. The van der Waals surface area contributed by atoms with Crippen molar-refractivity contribution in [2.24, 2.45) is 5.92 Å². The molecule has 0 aliphatic carbocycles. The van der Waals surface area contributed by atoms with E-state index in [4.69, 9.17) is 14.2 Å². The first-order valence-corrected chi connectivity index (χ1v) is 6.61. The normalized spacial score (nSPS) is 12.9. The lowest BCUT2D eigenvalue weighted by Crippen LogP contribution is -2.27. The van der Waals surface area contributed by atoms with Crippen LogP contribution >= 0.6 is 0 Å². The van der Waals surface area contributed by atoms with Gasteiger partial charge in [0.05, 0.1) is 19.8 Å². The van der Waals surface area contributed by atoms with Crippen molar-refractivity contribution in [3.8, 4) is 0 Å². The highest BCUT2D eigenvalue weighted by atomic mass is 16.5. The summed E-state index contributed by atoms with van der Waals surface area (Å²) in [5, 5.41) is 3.42. The molecule has 0 bridgehead atoms. The molecule has 104 valence electrons. The van der Waals surface area contributed by atoms with E-state index in [-0.39, 0.29) is 0 Å². The molecule has 0 fully saturated rings. The minimum Gasteiger partial charge on any atom is -0.383 e. The Morgan fingerprint density at radius 3 is 2.35 bits per heavy atom. The monoisotopic (exact) mass is 247 g/mol. The Morgan fingerprint density at radius 2 is 1.71 bits per heavy atom. The van der Waals surface area contributed by atoms with Crippen molar-refractivity contribution in [1.29, 1.82) is 0 Å². The van der Waals surface area contributed by atoms with Crippen LogP contribution in [0, 0.1) is 5.92 Å². The second-order valence-corrected chi connectivity index (χ2v) is 4.25. The van der Waals surface area contributed by atoms with E-state index in [1.807, 2.05) is 0 Å². The second-order valence-electron chi connectivity index (χ2n) is 4.25. The first kappa shape index (κ1) is 16.8. The Labute approximate surface area is 106 Å². The molecule has 4 heteroatoms. The quantitative estimate of drug-likeness (QED) is 0.503. The fourth-order valence-electron chi connectivity index (χ4n) is 1.73. The molecule has 0 radical (unpaired) electrons. The molecule has 0 saturated heterocycles. The maximum atomic E-state index is 5.50. The zero-order valence-electron chi connectivity index (χ0n) is 11.7. The van der Waals surface area contributed by atoms with Crippen LogP contribution in [0.3, 0.4) is 0 Å². The second kappa shape index (κ2) is 13.9. The number of hydrogen-bond acceptors (Lipinski definition) is 4. The van der Waals surface area contributed by atoms with E-state index in [2.05, 4.69) is 12.2 Å². The molecule has 0 aliphatic rings. The first-order chi connectivity index (χ1) is 8.35. The van der Waals surface area contributed by atoms with Gasteiger partial charge < -0.3 is 19.5 Å². The van der Waals surface area contributed by atoms with Crippen LogP contribution in [0.15, 0.2) is 0 Å². The van der Waals surface area contributed by atoms with Crippen LogP contribution in [0.4, 0.5) is 0 Å². The van der Waals surface area contributed by atoms with Crippen LogP contribution in [0.1, 0.15) is 26.2 Å². The minimum absolute atomic E-state index is 0.685. The Bertz CT molecular complexity index is 145. The molecule has 0 aromatic rings. The van der Waals surface area contributed by atoms with Gasteiger partial charge in [-0.05, 0) is 25.3 Å². The lowest BCUT2D eigenvalue weighted by Gasteiger charge is -2.16. The highest BCUT2D eigenvalue weighted by Crippen LogP contribution is 2.10. The highest BCUT2D eigenvalue weighted by molar-refractivity contribution is 4.62. The van der Waals surface area contributed by atoms with E-state index in [9.17, 15) is 0 Å². The smallest absolute Gasteiger partial charge is 0.0700 e. The molecule has 0 aromatic carbocycles. The summed E-state index contributed by atoms with van der Waals surface area (Å²) >= 11 is 0. The molecule has 0 amide bonds. The van der Waals surface area contributed by atoms with Gasteiger partial charge in [0.15, 0.2) is 0 Å². The molecule has 0 saturated carbocycles. The van der Waals surface area contributed by atoms with Gasteiger partial charge in [-0.1, -0.05) is 13.3 Å². The van der Waals surface area contributed by atoms with Gasteiger partial charge in [0, 0.05) is 27.4 Å². The van der Waals surface area contributed by atoms with Gasteiger partial charge in [-0.3, -0.25) is 0 Å². The largest absolute Gasteiger partial charge is 0.383 e. The third kappa shape index (κ3) is 12.1. The summed E-state index contributed by atoms with van der Waals surface area (Å²) in [7, 11) is 3.43. The van der Waals surface area contributed by atoms with Gasteiger partial charge in [-0.15, -0.1) is 0 Å². The zero-order valence-corrected chi connectivity index (χ0v) is 11.7. The zero-order chi connectivity index (χ0) is 12.8. The summed E-state index contributed by atoms with van der Waals surface area (Å²) in [6.45, 7) is 7.22. The molecule has 0 aliphatic heterocycles. The van der Waals surface area contributed by atoms with Crippen molar-refractivity contribution in [1.82, 2.24) is 5.32 Å². The van der Waals surface area contributed by atoms with Crippen LogP contribution in [0.2, 0.25) is 0 Å². The van der Waals surface area contributed by atoms with Gasteiger partial charge in [0.2, 0.25) is 0 Å². The van der Waals surface area contributed by atoms with Crippen LogP contribution in [0.25, 0.3) is 0 Å². The Morgan fingerprint density at radius 1 is 0.941 bits per heavy atom. The number of hydrogen-bond donors (Lipinski definition) is 1. The van der Waals surface area contributed by atoms with E-state index in [0.717, 1.165) is 32.7 Å². The summed E-state index contributed by atoms with van der Waals surface area (Å²) in [6.07, 6.45) is 3.61. The summed E-state index contributed by atoms with van der Waals surface area (Å²) in [4.78, 5) is 0. The van der Waals surface area contributed by atoms with Gasteiger partial charge >= 0.3 is 0 Å². The first-order valence-electron chi connectivity index (χ1n) is 6.61. The summed E-state index contributed by atoms with van der Waals surface area (Å²) < 4.78 is 15.4. The molecule has 1 atom stereocenters. The molecular weight excluding hydrogens is 218 g/mol. The molecule has 0 rings (SSSR count). The Kier molecular flexibility index (Phi) is 13.8. The number of methoxy groups -OCH3 is 2. The lowest BCUT2D eigenvalue weighted by atomic mass is 10.0. The van der Waals surface area contributed by atoms with Crippen molar-refractivity contribution in [2.75, 3.05) is 53.7 Å². The van der Waals surface area contributed by atoms with Crippen LogP contribution in [-0.4, -0.2) is 53.7 Å². The summed E-state index contributed by atoms with van der Waals surface area (Å²) in [5.74, 6) is 0.708. The van der Waals surface area contributed by atoms with Gasteiger partial charge in [0.1, 0.15) is 0 Å². The molecule has 17 heavy (non-hydrogen) atoms. The van der Waals surface area contributed by atoms with E-state index in [1.165, 1.54) is 12.8 Å². The average Bonchev–Trinajstić information content (AvgIpc) is 2.34. The van der Waals surface area contributed by atoms with Gasteiger partial charge in [-0.25, -0.2) is 0 Å². The maximum absolute atomic E-state index is 5.50. The van der Waals surface area contributed by atoms with Crippen LogP contribution in [-0.2, 0) is 14.2 Å². The maximum Gasteiger partial charge on any atom is 0.0700 e. The minimum atomic E-state index is 0.685. The number of ether oxygens (including phenoxy) is 3. The molecule has 0 heterocycles. The standard InChI is InChI=1S/C13H29NO3/c1-4-5-13(12-14-7-9-15-2)6-8-17-11-10-16-3/h13-14H,4-12H2,1-3H3. The van der Waals surface area contributed by atoms with Crippen molar-refractivity contribution in [3.63, 3.8) is 0 Å². The Hall–Kier alpha value is -0.160. The van der Waals surface area contributed by atoms with Gasteiger partial charge in [-0.2, -0.15) is 0 Å². The summed E-state index contributed by atoms with van der Waals surface area (Å²) in [6, 6.07) is 0. The van der Waals surface area contributed by atoms with Crippen molar-refractivity contribution < 1.29 is 14.2 Å². The van der Waals surface area contributed by atoms with Crippen molar-refractivity contribution >= 4 is 0 Å². The predicted molar refractivity (Wildman–Crippen MR) is 70.5 cm³/mol. The molecule has 0 spiro atoms. The average molecular weight is 247 g/mol. The SMILES string of the molecule is CCCC(CCOCCOC)CNCCOC. The lowest BCUT2D eigenvalue weighted by molar-refractivity contribution is 0.0629. The van der Waals surface area contributed by atoms with Crippen LogP contribution in [0.5, 0.6) is 0 Å². The third-order valence-electron chi connectivity index (χ3n) is 2.72. The van der Waals surface area contributed by atoms with Gasteiger partial charge in [0.25, 0.3) is 0 Å². The summed E-state index contributed by atoms with van der Waals surface area (Å²) in [5.41, 5.74) is 0. The molecular formula is C13H29NO3.